The van der Waals surface area contributed by atoms with Gasteiger partial charge in [-0.3, -0.25) is 9.13 Å². The quantitative estimate of drug-likeness (QED) is 0.335. The molecule has 0 aliphatic carbocycles. The van der Waals surface area contributed by atoms with Gasteiger partial charge in [0.15, 0.2) is 5.82 Å². The summed E-state index contributed by atoms with van der Waals surface area (Å²) in [5.41, 5.74) is 4.96. The smallest absolute Gasteiger partial charge is 0.328 e. The summed E-state index contributed by atoms with van der Waals surface area (Å²) in [5.74, 6) is -0.923. The Hall–Kier alpha value is -3.56. The van der Waals surface area contributed by atoms with E-state index in [-0.39, 0.29) is 42.5 Å². The highest BCUT2D eigenvalue weighted by molar-refractivity contribution is 5.81. The summed E-state index contributed by atoms with van der Waals surface area (Å²) in [6, 6.07) is 7.46. The van der Waals surface area contributed by atoms with E-state index < -0.39 is 29.3 Å². The number of alkyl halides is 2. The van der Waals surface area contributed by atoms with Crippen molar-refractivity contribution in [2.45, 2.75) is 70.9 Å². The van der Waals surface area contributed by atoms with E-state index >= 15 is 4.39 Å². The van der Waals surface area contributed by atoms with E-state index in [1.165, 1.54) is 6.20 Å². The fourth-order valence-corrected chi connectivity index (χ4v) is 5.80. The van der Waals surface area contributed by atoms with Crippen molar-refractivity contribution in [2.24, 2.45) is 24.6 Å². The molecule has 3 aromatic rings. The molecule has 3 heterocycles. The van der Waals surface area contributed by atoms with E-state index in [1.54, 1.807) is 60.1 Å². The van der Waals surface area contributed by atoms with Crippen molar-refractivity contribution in [3.05, 3.63) is 40.4 Å². The maximum absolute atomic E-state index is 16.1. The van der Waals surface area contributed by atoms with E-state index in [0.717, 1.165) is 5.52 Å². The number of hydrogen-bond donors (Lipinski definition) is 3. The van der Waals surface area contributed by atoms with Crippen LogP contribution < -0.4 is 21.6 Å². The second kappa shape index (κ2) is 11.7. The molecule has 0 amide bonds. The zero-order chi connectivity index (χ0) is 30.1. The minimum Gasteiger partial charge on any atom is -0.390 e. The fraction of sp³-hybridized carbons (Fsp3) is 0.586. The van der Waals surface area contributed by atoms with Gasteiger partial charge in [-0.25, -0.2) is 18.6 Å². The third-order valence-electron chi connectivity index (χ3n) is 8.18. The van der Waals surface area contributed by atoms with E-state index in [0.29, 0.717) is 37.1 Å². The van der Waals surface area contributed by atoms with E-state index in [2.05, 4.69) is 21.4 Å². The van der Waals surface area contributed by atoms with Crippen LogP contribution in [0.3, 0.4) is 0 Å². The van der Waals surface area contributed by atoms with Gasteiger partial charge >= 0.3 is 5.69 Å². The van der Waals surface area contributed by atoms with Crippen molar-refractivity contribution in [3.8, 4) is 6.07 Å². The van der Waals surface area contributed by atoms with E-state index in [1.807, 2.05) is 6.92 Å². The number of aromatic nitrogens is 4. The molecule has 4 rings (SSSR count). The number of nitrogens with one attached hydrogen (secondary N) is 1. The molecular weight excluding hydrogens is 530 g/mol. The van der Waals surface area contributed by atoms with Crippen molar-refractivity contribution in [1.29, 1.82) is 5.26 Å². The lowest BCUT2D eigenvalue weighted by atomic mass is 9.71. The monoisotopic (exact) mass is 570 g/mol. The molecule has 4 atom stereocenters. The SMILES string of the molecule is CCCC1(F)C(C)CN(c2ncc(C#N)c(Nc3ccc4c(c3)n(CCC(C)(C)O)c(=O)n4C)n2)CC1C(F)CN. The Morgan fingerprint density at radius 1 is 1.34 bits per heavy atom. The van der Waals surface area contributed by atoms with Gasteiger partial charge in [0.05, 0.1) is 22.8 Å². The summed E-state index contributed by atoms with van der Waals surface area (Å²) in [6.45, 7) is 7.45. The van der Waals surface area contributed by atoms with Gasteiger partial charge in [0.25, 0.3) is 0 Å². The lowest BCUT2D eigenvalue weighted by Gasteiger charge is -2.48. The number of halogens is 2. The number of imidazole rings is 1. The van der Waals surface area contributed by atoms with E-state index in [9.17, 15) is 19.6 Å². The summed E-state index contributed by atoms with van der Waals surface area (Å²) in [7, 11) is 1.69. The number of anilines is 3. The molecule has 1 fully saturated rings. The number of benzene rings is 1. The van der Waals surface area contributed by atoms with Gasteiger partial charge in [-0.15, -0.1) is 0 Å². The number of nitrogens with two attached hydrogens (primary N) is 1. The van der Waals surface area contributed by atoms with Gasteiger partial charge in [0.1, 0.15) is 23.5 Å². The minimum absolute atomic E-state index is 0.0635. The number of aliphatic hydroxyl groups is 1. The van der Waals surface area contributed by atoms with Crippen LogP contribution in [-0.2, 0) is 13.6 Å². The van der Waals surface area contributed by atoms with Crippen molar-refractivity contribution in [3.63, 3.8) is 0 Å². The molecule has 41 heavy (non-hydrogen) atoms. The predicted molar refractivity (Wildman–Crippen MR) is 156 cm³/mol. The average molecular weight is 571 g/mol. The van der Waals surface area contributed by atoms with Gasteiger partial charge in [0, 0.05) is 50.7 Å². The van der Waals surface area contributed by atoms with Crippen LogP contribution in [0, 0.1) is 23.2 Å². The number of rotatable bonds is 10. The maximum Gasteiger partial charge on any atom is 0.328 e. The van der Waals surface area contributed by atoms with Crippen LogP contribution in [0.4, 0.5) is 26.2 Å². The number of nitriles is 1. The number of fused-ring (bicyclic) bond motifs is 1. The van der Waals surface area contributed by atoms with Gasteiger partial charge in [0.2, 0.25) is 5.95 Å². The first-order valence-electron chi connectivity index (χ1n) is 14.1. The van der Waals surface area contributed by atoms with Crippen LogP contribution in [0.2, 0.25) is 0 Å². The molecule has 1 saturated heterocycles. The summed E-state index contributed by atoms with van der Waals surface area (Å²) in [4.78, 5) is 23.6. The Bertz CT molecular complexity index is 1490. The van der Waals surface area contributed by atoms with E-state index in [4.69, 9.17) is 5.73 Å². The third kappa shape index (κ3) is 6.06. The average Bonchev–Trinajstić information content (AvgIpc) is 3.16. The largest absolute Gasteiger partial charge is 0.390 e. The molecule has 4 unspecified atom stereocenters. The van der Waals surface area contributed by atoms with Crippen LogP contribution in [0.15, 0.2) is 29.2 Å². The molecule has 0 bridgehead atoms. The number of piperidine rings is 1. The van der Waals surface area contributed by atoms with Crippen LogP contribution in [0.5, 0.6) is 0 Å². The van der Waals surface area contributed by atoms with Crippen molar-refractivity contribution >= 4 is 28.5 Å². The van der Waals surface area contributed by atoms with Crippen molar-refractivity contribution in [1.82, 2.24) is 19.1 Å². The molecule has 0 spiro atoms. The Balaban J connectivity index is 1.67. The van der Waals surface area contributed by atoms with Crippen molar-refractivity contribution in [2.75, 3.05) is 29.9 Å². The topological polar surface area (TPSA) is 138 Å². The Morgan fingerprint density at radius 2 is 2.07 bits per heavy atom. The zero-order valence-electron chi connectivity index (χ0n) is 24.4. The molecule has 4 N–H and O–H groups in total. The van der Waals surface area contributed by atoms with Crippen molar-refractivity contribution < 1.29 is 13.9 Å². The molecule has 2 aromatic heterocycles. The summed E-state index contributed by atoms with van der Waals surface area (Å²) >= 11 is 0. The lowest BCUT2D eigenvalue weighted by molar-refractivity contribution is -0.0338. The standard InChI is InChI=1S/C29H40F2N8O2/c1-6-9-29(31)18(2)16-38(17-21(29)22(30)14-33)26-34-15-19(13-32)25(36-26)35-20-7-8-23-24(12-20)39(27(40)37(23)5)11-10-28(3,4)41/h7-8,12,15,18,21-22,41H,6,9-11,14,16-17,33H2,1-5H3,(H,34,35,36). The molecule has 1 aromatic carbocycles. The van der Waals surface area contributed by atoms with Crippen LogP contribution >= 0.6 is 0 Å². The van der Waals surface area contributed by atoms with Gasteiger partial charge < -0.3 is 21.1 Å². The second-order valence-corrected chi connectivity index (χ2v) is 11.8. The zero-order valence-corrected chi connectivity index (χ0v) is 24.4. The first-order chi connectivity index (χ1) is 19.3. The fourth-order valence-electron chi connectivity index (χ4n) is 5.80. The molecule has 0 radical (unpaired) electrons. The summed E-state index contributed by atoms with van der Waals surface area (Å²) in [6.07, 6.45) is 1.10. The Morgan fingerprint density at radius 3 is 2.71 bits per heavy atom. The molecule has 0 saturated carbocycles. The first kappa shape index (κ1) is 30.4. The van der Waals surface area contributed by atoms with Gasteiger partial charge in [-0.1, -0.05) is 20.3 Å². The van der Waals surface area contributed by atoms with Crippen LogP contribution in [0.25, 0.3) is 11.0 Å². The maximum atomic E-state index is 16.1. The molecule has 12 heteroatoms. The number of hydrogen-bond acceptors (Lipinski definition) is 8. The van der Waals surface area contributed by atoms with Gasteiger partial charge in [-0.2, -0.15) is 10.2 Å². The Labute approximate surface area is 238 Å². The molecule has 1 aliphatic rings. The first-order valence-corrected chi connectivity index (χ1v) is 14.1. The third-order valence-corrected chi connectivity index (χ3v) is 8.18. The van der Waals surface area contributed by atoms with Crippen LogP contribution in [0.1, 0.15) is 52.5 Å². The summed E-state index contributed by atoms with van der Waals surface area (Å²) < 4.78 is 34.2. The highest BCUT2D eigenvalue weighted by atomic mass is 19.2. The summed E-state index contributed by atoms with van der Waals surface area (Å²) in [5, 5.41) is 23.1. The predicted octanol–water partition coefficient (Wildman–Crippen LogP) is 3.78. The Kier molecular flexibility index (Phi) is 8.70. The van der Waals surface area contributed by atoms with Gasteiger partial charge in [-0.05, 0) is 44.9 Å². The number of aryl methyl sites for hydroxylation is 2. The molecule has 10 nitrogen and oxygen atoms in total. The highest BCUT2D eigenvalue weighted by Gasteiger charge is 2.51. The minimum atomic E-state index is -1.69. The highest BCUT2D eigenvalue weighted by Crippen LogP contribution is 2.43. The normalized spacial score (nSPS) is 22.1. The number of nitrogens with zero attached hydrogens (tertiary/aromatic N) is 6. The lowest BCUT2D eigenvalue weighted by Crippen LogP contribution is -2.59. The second-order valence-electron chi connectivity index (χ2n) is 11.8. The van der Waals surface area contributed by atoms with Crippen LogP contribution in [-0.4, -0.2) is 61.3 Å². The molecular formula is C29H40F2N8O2. The molecule has 222 valence electrons. The molecule has 1 aliphatic heterocycles.